The van der Waals surface area contributed by atoms with Gasteiger partial charge in [0.25, 0.3) is 0 Å². The van der Waals surface area contributed by atoms with Crippen molar-refractivity contribution in [2.45, 2.75) is 59.0 Å². The summed E-state index contributed by atoms with van der Waals surface area (Å²) < 4.78 is 0. The highest BCUT2D eigenvalue weighted by Crippen LogP contribution is 2.13. The molecule has 0 aliphatic rings. The van der Waals surface area contributed by atoms with Crippen LogP contribution < -0.4 is 5.73 Å². The van der Waals surface area contributed by atoms with E-state index in [9.17, 15) is 4.79 Å². The van der Waals surface area contributed by atoms with Gasteiger partial charge in [-0.15, -0.1) is 0 Å². The van der Waals surface area contributed by atoms with Crippen molar-refractivity contribution in [2.75, 3.05) is 6.54 Å². The fourth-order valence-electron chi connectivity index (χ4n) is 2.35. The van der Waals surface area contributed by atoms with E-state index in [0.29, 0.717) is 19.5 Å². The zero-order valence-corrected chi connectivity index (χ0v) is 12.9. The van der Waals surface area contributed by atoms with Crippen LogP contribution >= 0.6 is 0 Å². The average molecular weight is 276 g/mol. The Morgan fingerprint density at radius 3 is 2.40 bits per heavy atom. The lowest BCUT2D eigenvalue weighted by atomic mass is 10.1. The third-order valence-electron chi connectivity index (χ3n) is 3.68. The van der Waals surface area contributed by atoms with Crippen molar-refractivity contribution in [3.05, 3.63) is 35.4 Å². The Labute approximate surface area is 123 Å². The van der Waals surface area contributed by atoms with Crippen molar-refractivity contribution in [1.29, 1.82) is 0 Å². The van der Waals surface area contributed by atoms with Gasteiger partial charge in [-0.2, -0.15) is 0 Å². The molecule has 0 aliphatic carbocycles. The largest absolute Gasteiger partial charge is 0.339 e. The molecule has 3 heteroatoms. The zero-order chi connectivity index (χ0) is 14.8. The van der Waals surface area contributed by atoms with Crippen LogP contribution in [0.15, 0.2) is 24.3 Å². The molecule has 20 heavy (non-hydrogen) atoms. The molecular formula is C17H28N2O. The molecule has 1 amide bonds. The molecule has 0 unspecified atom stereocenters. The molecule has 1 aromatic rings. The van der Waals surface area contributed by atoms with Gasteiger partial charge in [0.2, 0.25) is 5.91 Å². The number of carbonyl (C=O) groups is 1. The summed E-state index contributed by atoms with van der Waals surface area (Å²) in [6.45, 7) is 6.18. The fraction of sp³-hybridized carbons (Fsp3) is 0.588. The van der Waals surface area contributed by atoms with Gasteiger partial charge in [0.15, 0.2) is 0 Å². The molecule has 0 aromatic heterocycles. The van der Waals surface area contributed by atoms with Gasteiger partial charge < -0.3 is 10.6 Å². The van der Waals surface area contributed by atoms with Gasteiger partial charge >= 0.3 is 0 Å². The molecule has 112 valence electrons. The van der Waals surface area contributed by atoms with Crippen molar-refractivity contribution < 1.29 is 4.79 Å². The van der Waals surface area contributed by atoms with Crippen molar-refractivity contribution in [1.82, 2.24) is 4.90 Å². The summed E-state index contributed by atoms with van der Waals surface area (Å²) in [6.07, 6.45) is 5.24. The molecule has 1 rings (SSSR count). The molecule has 0 spiro atoms. The summed E-state index contributed by atoms with van der Waals surface area (Å²) in [5.74, 6) is 0.260. The molecule has 0 aliphatic heterocycles. The van der Waals surface area contributed by atoms with Crippen LogP contribution in [0, 0.1) is 0 Å². The lowest BCUT2D eigenvalue weighted by molar-refractivity contribution is -0.131. The van der Waals surface area contributed by atoms with Gasteiger partial charge in [-0.1, -0.05) is 50.5 Å². The minimum atomic E-state index is 0.260. The first-order valence-electron chi connectivity index (χ1n) is 7.77. The first-order chi connectivity index (χ1) is 9.72. The number of benzene rings is 1. The van der Waals surface area contributed by atoms with E-state index < -0.39 is 0 Å². The zero-order valence-electron chi connectivity index (χ0n) is 12.9. The summed E-state index contributed by atoms with van der Waals surface area (Å²) in [7, 11) is 0. The predicted octanol–water partition coefficient (Wildman–Crippen LogP) is 3.46. The number of nitrogens with zero attached hydrogens (tertiary/aromatic N) is 1. The number of unbranched alkanes of at least 4 members (excludes halogenated alkanes) is 3. The third-order valence-corrected chi connectivity index (χ3v) is 3.68. The van der Waals surface area contributed by atoms with Crippen LogP contribution in [-0.4, -0.2) is 17.4 Å². The SMILES string of the molecule is CCCCCCC(=O)N(CC)Cc1ccccc1CN. The maximum atomic E-state index is 12.2. The molecule has 0 fully saturated rings. The smallest absolute Gasteiger partial charge is 0.222 e. The maximum Gasteiger partial charge on any atom is 0.222 e. The second-order valence-corrected chi connectivity index (χ2v) is 5.19. The van der Waals surface area contributed by atoms with Crippen molar-refractivity contribution in [3.8, 4) is 0 Å². The van der Waals surface area contributed by atoms with E-state index in [1.165, 1.54) is 18.4 Å². The van der Waals surface area contributed by atoms with Gasteiger partial charge in [0, 0.05) is 26.1 Å². The molecule has 0 bridgehead atoms. The quantitative estimate of drug-likeness (QED) is 0.702. The Morgan fingerprint density at radius 1 is 1.10 bits per heavy atom. The second-order valence-electron chi connectivity index (χ2n) is 5.19. The first-order valence-corrected chi connectivity index (χ1v) is 7.77. The number of hydrogen-bond donors (Lipinski definition) is 1. The molecule has 3 nitrogen and oxygen atoms in total. The Balaban J connectivity index is 2.55. The first kappa shape index (κ1) is 16.7. The lowest BCUT2D eigenvalue weighted by Crippen LogP contribution is -2.30. The van der Waals surface area contributed by atoms with Crippen molar-refractivity contribution >= 4 is 5.91 Å². The Kier molecular flexibility index (Phi) is 7.97. The van der Waals surface area contributed by atoms with Crippen molar-refractivity contribution in [3.63, 3.8) is 0 Å². The lowest BCUT2D eigenvalue weighted by Gasteiger charge is -2.22. The van der Waals surface area contributed by atoms with Crippen LogP contribution in [0.2, 0.25) is 0 Å². The maximum absolute atomic E-state index is 12.2. The summed E-state index contributed by atoms with van der Waals surface area (Å²) in [5, 5.41) is 0. The highest BCUT2D eigenvalue weighted by molar-refractivity contribution is 5.76. The topological polar surface area (TPSA) is 46.3 Å². The van der Waals surface area contributed by atoms with Crippen LogP contribution in [0.4, 0.5) is 0 Å². The second kappa shape index (κ2) is 9.54. The fourth-order valence-corrected chi connectivity index (χ4v) is 2.35. The third kappa shape index (κ3) is 5.33. The Morgan fingerprint density at radius 2 is 1.80 bits per heavy atom. The van der Waals surface area contributed by atoms with Gasteiger partial charge in [-0.3, -0.25) is 4.79 Å². The molecule has 0 radical (unpaired) electrons. The van der Waals surface area contributed by atoms with E-state index in [4.69, 9.17) is 5.73 Å². The van der Waals surface area contributed by atoms with Gasteiger partial charge in [-0.05, 0) is 24.5 Å². The number of hydrogen-bond acceptors (Lipinski definition) is 2. The van der Waals surface area contributed by atoms with Crippen LogP contribution in [0.1, 0.15) is 57.1 Å². The number of amides is 1. The highest BCUT2D eigenvalue weighted by Gasteiger charge is 2.13. The summed E-state index contributed by atoms with van der Waals surface area (Å²) in [4.78, 5) is 14.2. The number of rotatable bonds is 9. The average Bonchev–Trinajstić information content (AvgIpc) is 2.49. The standard InChI is InChI=1S/C17H28N2O/c1-3-5-6-7-12-17(20)19(4-2)14-16-11-9-8-10-15(16)13-18/h8-11H,3-7,12-14,18H2,1-2H3. The number of nitrogens with two attached hydrogens (primary N) is 1. The van der Waals surface area contributed by atoms with Crippen LogP contribution in [-0.2, 0) is 17.9 Å². The molecule has 0 saturated heterocycles. The minimum absolute atomic E-state index is 0.260. The van der Waals surface area contributed by atoms with Gasteiger partial charge in [-0.25, -0.2) is 0 Å². The van der Waals surface area contributed by atoms with Crippen LogP contribution in [0.5, 0.6) is 0 Å². The Hall–Kier alpha value is -1.35. The summed E-state index contributed by atoms with van der Waals surface area (Å²) in [5.41, 5.74) is 8.05. The van der Waals surface area contributed by atoms with E-state index in [1.54, 1.807) is 0 Å². The van der Waals surface area contributed by atoms with Crippen molar-refractivity contribution in [2.24, 2.45) is 5.73 Å². The molecule has 1 aromatic carbocycles. The van der Waals surface area contributed by atoms with E-state index >= 15 is 0 Å². The highest BCUT2D eigenvalue weighted by atomic mass is 16.2. The van der Waals surface area contributed by atoms with E-state index in [2.05, 4.69) is 13.0 Å². The molecule has 0 heterocycles. The normalized spacial score (nSPS) is 10.6. The van der Waals surface area contributed by atoms with E-state index in [0.717, 1.165) is 24.9 Å². The van der Waals surface area contributed by atoms with Crippen LogP contribution in [0.3, 0.4) is 0 Å². The van der Waals surface area contributed by atoms with E-state index in [-0.39, 0.29) is 5.91 Å². The summed E-state index contributed by atoms with van der Waals surface area (Å²) >= 11 is 0. The van der Waals surface area contributed by atoms with Crippen LogP contribution in [0.25, 0.3) is 0 Å². The minimum Gasteiger partial charge on any atom is -0.339 e. The predicted molar refractivity (Wildman–Crippen MR) is 84.2 cm³/mol. The van der Waals surface area contributed by atoms with E-state index in [1.807, 2.05) is 30.0 Å². The molecule has 0 saturated carbocycles. The molecular weight excluding hydrogens is 248 g/mol. The Bertz CT molecular complexity index is 404. The molecule has 0 atom stereocenters. The number of carbonyl (C=O) groups excluding carboxylic acids is 1. The molecule has 2 N–H and O–H groups in total. The van der Waals surface area contributed by atoms with Gasteiger partial charge in [0.1, 0.15) is 0 Å². The monoisotopic (exact) mass is 276 g/mol. The summed E-state index contributed by atoms with van der Waals surface area (Å²) in [6, 6.07) is 8.10. The van der Waals surface area contributed by atoms with Gasteiger partial charge in [0.05, 0.1) is 0 Å².